The first-order chi connectivity index (χ1) is 18.8. The highest BCUT2D eigenvalue weighted by Crippen LogP contribution is 2.07. The van der Waals surface area contributed by atoms with E-state index in [-0.39, 0.29) is 34.2 Å². The van der Waals surface area contributed by atoms with E-state index in [2.05, 4.69) is 34.9 Å². The third-order valence-electron chi connectivity index (χ3n) is 5.17. The van der Waals surface area contributed by atoms with Crippen molar-refractivity contribution in [3.63, 3.8) is 0 Å². The highest BCUT2D eigenvalue weighted by atomic mass is 16.1. The molecule has 0 aliphatic heterocycles. The average Bonchev–Trinajstić information content (AvgIpc) is 2.90. The summed E-state index contributed by atoms with van der Waals surface area (Å²) >= 11 is 0. The second-order valence-electron chi connectivity index (χ2n) is 9.87. The zero-order valence-electron chi connectivity index (χ0n) is 24.4. The molecule has 0 saturated carbocycles. The van der Waals surface area contributed by atoms with E-state index in [1.54, 1.807) is 35.6 Å². The fraction of sp³-hybridized carbons (Fsp3) is 0.429. The summed E-state index contributed by atoms with van der Waals surface area (Å²) in [6.07, 6.45) is 13.6. The van der Waals surface area contributed by atoms with Crippen LogP contribution in [0.15, 0.2) is 74.9 Å². The second kappa shape index (κ2) is 17.2. The molecule has 0 aliphatic carbocycles. The predicted octanol–water partition coefficient (Wildman–Crippen LogP) is 3.50. The highest BCUT2D eigenvalue weighted by Gasteiger charge is 2.03. The van der Waals surface area contributed by atoms with Crippen molar-refractivity contribution < 1.29 is 0 Å². The smallest absolute Gasteiger partial charge is 0.269 e. The minimum atomic E-state index is -0.149. The molecule has 0 fully saturated rings. The Bertz CT molecular complexity index is 1440. The maximum absolute atomic E-state index is 11.0. The Kier molecular flexibility index (Phi) is 14.4. The van der Waals surface area contributed by atoms with Gasteiger partial charge in [-0.15, -0.1) is 0 Å². The molecule has 3 N–H and O–H groups in total. The van der Waals surface area contributed by atoms with Gasteiger partial charge in [0.15, 0.2) is 0 Å². The van der Waals surface area contributed by atoms with Crippen LogP contribution in [0.3, 0.4) is 0 Å². The van der Waals surface area contributed by atoms with Gasteiger partial charge in [-0.3, -0.25) is 39.1 Å². The van der Waals surface area contributed by atoms with Gasteiger partial charge in [-0.05, 0) is 25.7 Å². The van der Waals surface area contributed by atoms with Gasteiger partial charge in [-0.2, -0.15) is 0 Å². The number of H-pyrrole nitrogens is 3. The fourth-order valence-electron chi connectivity index (χ4n) is 2.91. The van der Waals surface area contributed by atoms with Crippen molar-refractivity contribution in [3.8, 4) is 0 Å². The lowest BCUT2D eigenvalue weighted by atomic mass is 10.1. The zero-order chi connectivity index (χ0) is 30.2. The number of rotatable bonds is 4. The molecule has 40 heavy (non-hydrogen) atoms. The molecule has 12 heteroatoms. The normalized spacial score (nSPS) is 10.3. The van der Waals surface area contributed by atoms with Gasteiger partial charge >= 0.3 is 0 Å². The van der Waals surface area contributed by atoms with Gasteiger partial charge in [0.2, 0.25) is 0 Å². The van der Waals surface area contributed by atoms with E-state index in [1.165, 1.54) is 24.8 Å². The van der Waals surface area contributed by atoms with E-state index in [0.29, 0.717) is 17.5 Å². The Labute approximate surface area is 233 Å². The summed E-state index contributed by atoms with van der Waals surface area (Å²) < 4.78 is 1.63. The molecular weight excluding hydrogens is 512 g/mol. The van der Waals surface area contributed by atoms with Crippen LogP contribution in [0.2, 0.25) is 0 Å². The number of aromatic nitrogens is 8. The Morgan fingerprint density at radius 1 is 0.700 bits per heavy atom. The highest BCUT2D eigenvalue weighted by molar-refractivity contribution is 5.01. The van der Waals surface area contributed by atoms with E-state index < -0.39 is 0 Å². The van der Waals surface area contributed by atoms with Crippen LogP contribution in [0.5, 0.6) is 0 Å². The maximum atomic E-state index is 11.0. The van der Waals surface area contributed by atoms with Crippen molar-refractivity contribution in [3.05, 3.63) is 114 Å². The molecule has 0 aromatic carbocycles. The van der Waals surface area contributed by atoms with Gasteiger partial charge < -0.3 is 19.5 Å². The Morgan fingerprint density at radius 3 is 1.80 bits per heavy atom. The summed E-state index contributed by atoms with van der Waals surface area (Å²) in [6, 6.07) is 0.218. The number of aromatic amines is 3. The van der Waals surface area contributed by atoms with Crippen molar-refractivity contribution in [1.82, 2.24) is 39.5 Å². The molecule has 0 bridgehead atoms. The molecule has 0 saturated heterocycles. The zero-order valence-corrected chi connectivity index (χ0v) is 24.4. The van der Waals surface area contributed by atoms with Gasteiger partial charge in [-0.25, -0.2) is 0 Å². The molecule has 0 spiro atoms. The van der Waals surface area contributed by atoms with E-state index in [9.17, 15) is 19.2 Å². The van der Waals surface area contributed by atoms with Crippen molar-refractivity contribution in [2.75, 3.05) is 0 Å². The second-order valence-corrected chi connectivity index (χ2v) is 9.87. The largest absolute Gasteiger partial charge is 0.326 e. The van der Waals surface area contributed by atoms with Crippen LogP contribution < -0.4 is 22.2 Å². The van der Waals surface area contributed by atoms with E-state index >= 15 is 0 Å². The summed E-state index contributed by atoms with van der Waals surface area (Å²) in [5.74, 6) is 0.906. The van der Waals surface area contributed by atoms with Crippen molar-refractivity contribution >= 4 is 0 Å². The van der Waals surface area contributed by atoms with Crippen molar-refractivity contribution in [2.45, 2.75) is 79.2 Å². The number of nitrogens with zero attached hydrogens (tertiary/aromatic N) is 5. The van der Waals surface area contributed by atoms with Gasteiger partial charge in [0.05, 0.1) is 24.3 Å². The SMILES string of the molecule is CC(C)c1c[nH]c(=O)cn1.CC(C)c1cncc(=O)[nH]1.CC(C)c1ncc[nH]c1=O.CC(C)n1ccncc1=O. The monoisotopic (exact) mass is 552 g/mol. The molecule has 4 aromatic rings. The molecule has 4 rings (SSSR count). The third kappa shape index (κ3) is 12.4. The lowest BCUT2D eigenvalue weighted by Gasteiger charge is -2.06. The first-order valence-electron chi connectivity index (χ1n) is 13.0. The van der Waals surface area contributed by atoms with E-state index in [1.807, 2.05) is 55.4 Å². The van der Waals surface area contributed by atoms with Gasteiger partial charge in [0.1, 0.15) is 5.69 Å². The molecule has 4 aromatic heterocycles. The summed E-state index contributed by atoms with van der Waals surface area (Å²) in [7, 11) is 0. The van der Waals surface area contributed by atoms with E-state index in [4.69, 9.17) is 0 Å². The lowest BCUT2D eigenvalue weighted by Crippen LogP contribution is -2.20. The topological polar surface area (TPSA) is 172 Å². The number of hydrogen-bond donors (Lipinski definition) is 3. The summed E-state index contributed by atoms with van der Waals surface area (Å²) in [4.78, 5) is 66.2. The van der Waals surface area contributed by atoms with Crippen LogP contribution in [0.25, 0.3) is 0 Å². The molecule has 0 aliphatic rings. The fourth-order valence-corrected chi connectivity index (χ4v) is 2.91. The van der Waals surface area contributed by atoms with Crippen LogP contribution in [0.4, 0.5) is 0 Å². The van der Waals surface area contributed by atoms with Crippen LogP contribution in [-0.4, -0.2) is 39.5 Å². The minimum absolute atomic E-state index is 0.0440. The molecule has 0 unspecified atom stereocenters. The molecule has 12 nitrogen and oxygen atoms in total. The quantitative estimate of drug-likeness (QED) is 0.345. The van der Waals surface area contributed by atoms with Crippen molar-refractivity contribution in [1.29, 1.82) is 0 Å². The van der Waals surface area contributed by atoms with Crippen LogP contribution >= 0.6 is 0 Å². The van der Waals surface area contributed by atoms with Gasteiger partial charge in [0.25, 0.3) is 22.2 Å². The minimum Gasteiger partial charge on any atom is -0.326 e. The first-order valence-corrected chi connectivity index (χ1v) is 13.0. The summed E-state index contributed by atoms with van der Waals surface area (Å²) in [5, 5.41) is 0. The van der Waals surface area contributed by atoms with Gasteiger partial charge in [0, 0.05) is 54.8 Å². The summed E-state index contributed by atoms with van der Waals surface area (Å²) in [5.41, 5.74) is 1.99. The average molecular weight is 553 g/mol. The lowest BCUT2D eigenvalue weighted by molar-refractivity contribution is 0.574. The van der Waals surface area contributed by atoms with Crippen LogP contribution in [-0.2, 0) is 0 Å². The Morgan fingerprint density at radius 2 is 1.40 bits per heavy atom. The molecule has 0 radical (unpaired) electrons. The predicted molar refractivity (Wildman–Crippen MR) is 156 cm³/mol. The molecule has 4 heterocycles. The van der Waals surface area contributed by atoms with Crippen LogP contribution in [0, 0.1) is 0 Å². The van der Waals surface area contributed by atoms with Crippen LogP contribution in [0.1, 0.15) is 96.3 Å². The Hall–Kier alpha value is -4.48. The molecule has 216 valence electrons. The van der Waals surface area contributed by atoms with Crippen molar-refractivity contribution in [2.24, 2.45) is 0 Å². The molecule has 0 amide bonds. The molecule has 0 atom stereocenters. The molecular formula is C28H40N8O4. The maximum Gasteiger partial charge on any atom is 0.269 e. The van der Waals surface area contributed by atoms with Gasteiger partial charge in [-0.1, -0.05) is 41.5 Å². The number of hydrogen-bond acceptors (Lipinski definition) is 8. The standard InChI is InChI=1S/4C7H10N2O/c1-5(2)6-3-9-7(10)4-8-6;1-5(2)6-3-8-4-7(10)9-6;1-6(2)9-4-3-8-5-7(9)10;1-5(2)6-7(10)9-4-3-8-6/h2*3-5H,1-2H3,(H,9,10);3-6H,1-2H3;3-5H,1-2H3,(H,9,10). The summed E-state index contributed by atoms with van der Waals surface area (Å²) in [6.45, 7) is 15.9. The third-order valence-corrected chi connectivity index (χ3v) is 5.17. The Balaban J connectivity index is 0.000000267. The van der Waals surface area contributed by atoms with E-state index in [0.717, 1.165) is 11.4 Å². The first kappa shape index (κ1) is 33.5. The number of nitrogens with one attached hydrogen (secondary N) is 3.